The number of aromatic nitrogens is 1. The zero-order valence-electron chi connectivity index (χ0n) is 15.8. The normalized spacial score (nSPS) is 11.4. The van der Waals surface area contributed by atoms with Crippen LogP contribution in [0.3, 0.4) is 0 Å². The maximum atomic E-state index is 12.7. The van der Waals surface area contributed by atoms with Gasteiger partial charge >= 0.3 is 0 Å². The molecule has 2 N–H and O–H groups in total. The lowest BCUT2D eigenvalue weighted by atomic mass is 10.1. The minimum absolute atomic E-state index is 0.0688. The molecule has 0 aliphatic carbocycles. The first-order chi connectivity index (χ1) is 13.3. The van der Waals surface area contributed by atoms with Crippen LogP contribution in [0.15, 0.2) is 52.7 Å². The van der Waals surface area contributed by atoms with Gasteiger partial charge in [-0.3, -0.25) is 4.79 Å². The molecule has 0 bridgehead atoms. The fourth-order valence-corrected chi connectivity index (χ4v) is 4.39. The van der Waals surface area contributed by atoms with Crippen LogP contribution in [0.5, 0.6) is 0 Å². The van der Waals surface area contributed by atoms with Crippen LogP contribution in [-0.2, 0) is 10.0 Å². The van der Waals surface area contributed by atoms with Crippen molar-refractivity contribution in [3.05, 3.63) is 64.0 Å². The van der Waals surface area contributed by atoms with Crippen LogP contribution in [0.25, 0.3) is 11.3 Å². The number of carbonyl (C=O) groups excluding carboxylic acids is 1. The molecule has 1 aromatic heterocycles. The summed E-state index contributed by atoms with van der Waals surface area (Å²) < 4.78 is 26.8. The topological polar surface area (TPSA) is 88.2 Å². The van der Waals surface area contributed by atoms with Gasteiger partial charge in [0, 0.05) is 28.7 Å². The number of aryl methyl sites for hydroxylation is 2. The third kappa shape index (κ3) is 4.46. The van der Waals surface area contributed by atoms with E-state index in [1.54, 1.807) is 43.4 Å². The number of amides is 1. The number of hydrogen-bond acceptors (Lipinski definition) is 5. The second-order valence-electron chi connectivity index (χ2n) is 6.26. The van der Waals surface area contributed by atoms with Crippen LogP contribution < -0.4 is 10.0 Å². The van der Waals surface area contributed by atoms with Gasteiger partial charge < -0.3 is 5.32 Å². The van der Waals surface area contributed by atoms with Crippen LogP contribution in [0, 0.1) is 13.8 Å². The lowest BCUT2D eigenvalue weighted by Crippen LogP contribution is -2.24. The van der Waals surface area contributed by atoms with Crippen LogP contribution in [-0.4, -0.2) is 25.9 Å². The Morgan fingerprint density at radius 2 is 1.82 bits per heavy atom. The molecular formula is C20H21N3O3S2. The predicted octanol–water partition coefficient (Wildman–Crippen LogP) is 3.98. The van der Waals surface area contributed by atoms with Crippen LogP contribution in [0.2, 0.25) is 0 Å². The van der Waals surface area contributed by atoms with Gasteiger partial charge in [0.1, 0.15) is 0 Å². The third-order valence-electron chi connectivity index (χ3n) is 4.16. The summed E-state index contributed by atoms with van der Waals surface area (Å²) >= 11 is 1.58. The number of anilines is 1. The van der Waals surface area contributed by atoms with E-state index in [1.165, 1.54) is 12.1 Å². The molecule has 1 heterocycles. The highest BCUT2D eigenvalue weighted by molar-refractivity contribution is 7.89. The van der Waals surface area contributed by atoms with Crippen molar-refractivity contribution < 1.29 is 13.2 Å². The molecule has 0 aliphatic rings. The maximum absolute atomic E-state index is 12.7. The lowest BCUT2D eigenvalue weighted by molar-refractivity contribution is 0.102. The number of nitrogens with zero attached hydrogens (tertiary/aromatic N) is 1. The second-order valence-corrected chi connectivity index (χ2v) is 9.09. The Bertz CT molecular complexity index is 1100. The number of thiazole rings is 1. The first-order valence-corrected chi connectivity index (χ1v) is 11.1. The fraction of sp³-hybridized carbons (Fsp3) is 0.200. The zero-order valence-corrected chi connectivity index (χ0v) is 17.4. The van der Waals surface area contributed by atoms with Crippen molar-refractivity contribution in [2.24, 2.45) is 0 Å². The third-order valence-corrected chi connectivity index (χ3v) is 6.47. The van der Waals surface area contributed by atoms with E-state index in [0.717, 1.165) is 16.3 Å². The Hall–Kier alpha value is -2.55. The molecule has 1 amide bonds. The van der Waals surface area contributed by atoms with Crippen LogP contribution in [0.4, 0.5) is 5.69 Å². The van der Waals surface area contributed by atoms with E-state index in [0.29, 0.717) is 16.8 Å². The standard InChI is InChI=1S/C20H21N3O3S2/c1-4-21-28(25,26)17-10-5-13(2)18(11-17)20(24)23-16-8-6-15(7-9-16)19-12-27-14(3)22-19/h5-12,21H,4H2,1-3H3,(H,23,24). The molecule has 6 nitrogen and oxygen atoms in total. The summed E-state index contributed by atoms with van der Waals surface area (Å²) in [7, 11) is -3.63. The van der Waals surface area contributed by atoms with Gasteiger partial charge in [0.15, 0.2) is 0 Å². The lowest BCUT2D eigenvalue weighted by Gasteiger charge is -2.11. The Balaban J connectivity index is 1.81. The predicted molar refractivity (Wildman–Crippen MR) is 112 cm³/mol. The molecule has 0 atom stereocenters. The molecule has 0 saturated carbocycles. The number of nitrogens with one attached hydrogen (secondary N) is 2. The fourth-order valence-electron chi connectivity index (χ4n) is 2.71. The molecule has 0 fully saturated rings. The van der Waals surface area contributed by atoms with Gasteiger partial charge in [-0.15, -0.1) is 11.3 Å². The Morgan fingerprint density at radius 3 is 2.43 bits per heavy atom. The highest BCUT2D eigenvalue weighted by atomic mass is 32.2. The molecule has 8 heteroatoms. The number of sulfonamides is 1. The van der Waals surface area contributed by atoms with Gasteiger partial charge in [-0.2, -0.15) is 0 Å². The minimum Gasteiger partial charge on any atom is -0.322 e. The van der Waals surface area contributed by atoms with Gasteiger partial charge in [-0.1, -0.05) is 25.1 Å². The van der Waals surface area contributed by atoms with E-state index in [-0.39, 0.29) is 17.3 Å². The van der Waals surface area contributed by atoms with Crippen LogP contribution >= 0.6 is 11.3 Å². The molecular weight excluding hydrogens is 394 g/mol. The number of hydrogen-bond donors (Lipinski definition) is 2. The zero-order chi connectivity index (χ0) is 20.3. The summed E-state index contributed by atoms with van der Waals surface area (Å²) in [6.07, 6.45) is 0. The van der Waals surface area contributed by atoms with Crippen molar-refractivity contribution in [2.45, 2.75) is 25.7 Å². The van der Waals surface area contributed by atoms with E-state index in [4.69, 9.17) is 0 Å². The largest absolute Gasteiger partial charge is 0.322 e. The van der Waals surface area contributed by atoms with Gasteiger partial charge in [0.05, 0.1) is 15.6 Å². The highest BCUT2D eigenvalue weighted by Gasteiger charge is 2.17. The first-order valence-electron chi connectivity index (χ1n) is 8.74. The first kappa shape index (κ1) is 20.2. The summed E-state index contributed by atoms with van der Waals surface area (Å²) in [4.78, 5) is 17.2. The SMILES string of the molecule is CCNS(=O)(=O)c1ccc(C)c(C(=O)Nc2ccc(-c3csc(C)n3)cc2)c1. The van der Waals surface area contributed by atoms with Gasteiger partial charge in [-0.25, -0.2) is 18.1 Å². The van der Waals surface area contributed by atoms with Crippen molar-refractivity contribution in [3.8, 4) is 11.3 Å². The minimum atomic E-state index is -3.63. The maximum Gasteiger partial charge on any atom is 0.255 e. The van der Waals surface area contributed by atoms with Crippen molar-refractivity contribution in [3.63, 3.8) is 0 Å². The molecule has 2 aromatic carbocycles. The molecule has 0 aliphatic heterocycles. The number of rotatable bonds is 6. The van der Waals surface area contributed by atoms with E-state index in [1.807, 2.05) is 24.4 Å². The van der Waals surface area contributed by atoms with Gasteiger partial charge in [0.25, 0.3) is 5.91 Å². The summed E-state index contributed by atoms with van der Waals surface area (Å²) in [5.74, 6) is -0.358. The molecule has 0 spiro atoms. The van der Waals surface area contributed by atoms with Crippen molar-refractivity contribution >= 4 is 33.0 Å². The van der Waals surface area contributed by atoms with E-state index >= 15 is 0 Å². The molecule has 0 radical (unpaired) electrons. The molecule has 3 rings (SSSR count). The van der Waals surface area contributed by atoms with E-state index in [9.17, 15) is 13.2 Å². The second kappa shape index (κ2) is 8.22. The molecule has 3 aromatic rings. The molecule has 0 unspecified atom stereocenters. The Kier molecular flexibility index (Phi) is 5.93. The van der Waals surface area contributed by atoms with Crippen molar-refractivity contribution in [2.75, 3.05) is 11.9 Å². The monoisotopic (exact) mass is 415 g/mol. The van der Waals surface area contributed by atoms with Gasteiger partial charge in [-0.05, 0) is 43.7 Å². The Labute approximate surface area is 168 Å². The summed E-state index contributed by atoms with van der Waals surface area (Å²) in [5.41, 5.74) is 3.51. The summed E-state index contributed by atoms with van der Waals surface area (Å²) in [5, 5.41) is 5.81. The van der Waals surface area contributed by atoms with Crippen molar-refractivity contribution in [1.29, 1.82) is 0 Å². The molecule has 0 saturated heterocycles. The van der Waals surface area contributed by atoms with Crippen molar-refractivity contribution in [1.82, 2.24) is 9.71 Å². The molecule has 28 heavy (non-hydrogen) atoms. The summed E-state index contributed by atoms with van der Waals surface area (Å²) in [6, 6.07) is 11.9. The van der Waals surface area contributed by atoms with Crippen LogP contribution in [0.1, 0.15) is 27.9 Å². The smallest absolute Gasteiger partial charge is 0.255 e. The number of benzene rings is 2. The molecule has 146 valence electrons. The highest BCUT2D eigenvalue weighted by Crippen LogP contribution is 2.24. The average molecular weight is 416 g/mol. The quantitative estimate of drug-likeness (QED) is 0.637. The van der Waals surface area contributed by atoms with E-state index < -0.39 is 10.0 Å². The van der Waals surface area contributed by atoms with Gasteiger partial charge in [0.2, 0.25) is 10.0 Å². The number of carbonyl (C=O) groups is 1. The Morgan fingerprint density at radius 1 is 1.11 bits per heavy atom. The summed E-state index contributed by atoms with van der Waals surface area (Å²) in [6.45, 7) is 5.71. The average Bonchev–Trinajstić information content (AvgIpc) is 3.09. The van der Waals surface area contributed by atoms with E-state index in [2.05, 4.69) is 15.0 Å².